The van der Waals surface area contributed by atoms with Gasteiger partial charge in [0.05, 0.1) is 6.61 Å². The highest BCUT2D eigenvalue weighted by atomic mass is 16.6. The van der Waals surface area contributed by atoms with E-state index in [4.69, 9.17) is 9.47 Å². The minimum absolute atomic E-state index is 0.0774. The minimum atomic E-state index is -0.780. The Labute approximate surface area is 271 Å². The molecule has 0 bridgehead atoms. The van der Waals surface area contributed by atoms with E-state index in [9.17, 15) is 14.7 Å². The maximum absolute atomic E-state index is 12.1. The SMILES string of the molecule is CCC/C=C\C/C=C\CCCCCCCC(=O)OCC(CO)OC(=O)CCCCCCCCC/C=C\C/C=C\CCCCC. The van der Waals surface area contributed by atoms with Crippen LogP contribution in [0.3, 0.4) is 0 Å². The summed E-state index contributed by atoms with van der Waals surface area (Å²) < 4.78 is 10.6. The first-order valence-electron chi connectivity index (χ1n) is 18.2. The van der Waals surface area contributed by atoms with Crippen molar-refractivity contribution in [1.29, 1.82) is 0 Å². The number of allylic oxidation sites excluding steroid dienone is 8. The Hall–Kier alpha value is -2.14. The summed E-state index contributed by atoms with van der Waals surface area (Å²) in [7, 11) is 0. The zero-order valence-electron chi connectivity index (χ0n) is 28.7. The zero-order valence-corrected chi connectivity index (χ0v) is 28.7. The van der Waals surface area contributed by atoms with Crippen LogP contribution in [0.4, 0.5) is 0 Å². The number of ether oxygens (including phenoxy) is 2. The first kappa shape index (κ1) is 41.9. The summed E-state index contributed by atoms with van der Waals surface area (Å²) in [5.41, 5.74) is 0. The highest BCUT2D eigenvalue weighted by Gasteiger charge is 2.16. The number of rotatable bonds is 32. The first-order chi connectivity index (χ1) is 21.6. The van der Waals surface area contributed by atoms with Gasteiger partial charge in [-0.15, -0.1) is 0 Å². The lowest BCUT2D eigenvalue weighted by atomic mass is 10.1. The van der Waals surface area contributed by atoms with Gasteiger partial charge in [-0.1, -0.05) is 133 Å². The van der Waals surface area contributed by atoms with E-state index >= 15 is 0 Å². The van der Waals surface area contributed by atoms with Crippen LogP contribution in [0.5, 0.6) is 0 Å². The van der Waals surface area contributed by atoms with Crippen molar-refractivity contribution in [3.05, 3.63) is 48.6 Å². The Kier molecular flexibility index (Phi) is 33.6. The minimum Gasteiger partial charge on any atom is -0.462 e. The third-order valence-electron chi connectivity index (χ3n) is 7.58. The van der Waals surface area contributed by atoms with E-state index in [-0.39, 0.29) is 25.2 Å². The highest BCUT2D eigenvalue weighted by Crippen LogP contribution is 2.12. The standard InChI is InChI=1S/C39H68O5/c1-3-5-7-9-11-13-15-17-18-19-20-22-24-26-28-30-32-34-39(42)44-37(35-40)36-43-38(41)33-31-29-27-25-23-21-16-14-12-10-8-6-4-2/h8,10-11,13-14,16-18,37,40H,3-7,9,12,15,19-36H2,1-2H3/b10-8-,13-11-,16-14-,18-17-. The number of unbranched alkanes of at least 4 members (excludes halogenated alkanes) is 16. The number of carbonyl (C=O) groups is 2. The van der Waals surface area contributed by atoms with Gasteiger partial charge in [0, 0.05) is 12.8 Å². The van der Waals surface area contributed by atoms with Crippen LogP contribution in [-0.2, 0) is 19.1 Å². The van der Waals surface area contributed by atoms with Crippen LogP contribution in [0.1, 0.15) is 168 Å². The molecule has 0 spiro atoms. The molecule has 0 radical (unpaired) electrons. The molecule has 254 valence electrons. The molecule has 0 aromatic rings. The van der Waals surface area contributed by atoms with Crippen LogP contribution < -0.4 is 0 Å². The van der Waals surface area contributed by atoms with E-state index in [1.54, 1.807) is 0 Å². The van der Waals surface area contributed by atoms with Gasteiger partial charge in [-0.3, -0.25) is 9.59 Å². The van der Waals surface area contributed by atoms with E-state index in [1.807, 2.05) is 0 Å². The number of carbonyl (C=O) groups excluding carboxylic acids is 2. The molecule has 0 aliphatic carbocycles. The summed E-state index contributed by atoms with van der Waals surface area (Å²) in [6.45, 7) is 4.01. The lowest BCUT2D eigenvalue weighted by Crippen LogP contribution is -2.28. The number of esters is 2. The summed E-state index contributed by atoms with van der Waals surface area (Å²) in [5.74, 6) is -0.620. The van der Waals surface area contributed by atoms with Gasteiger partial charge in [0.2, 0.25) is 0 Å². The molecule has 0 aliphatic heterocycles. The smallest absolute Gasteiger partial charge is 0.306 e. The maximum atomic E-state index is 12.1. The van der Waals surface area contributed by atoms with Crippen molar-refractivity contribution < 1.29 is 24.2 Å². The molecule has 1 atom stereocenters. The van der Waals surface area contributed by atoms with E-state index in [0.29, 0.717) is 12.8 Å². The summed E-state index contributed by atoms with van der Waals surface area (Å²) in [4.78, 5) is 24.2. The molecule has 0 aliphatic rings. The molecular formula is C39H68O5. The molecule has 0 saturated carbocycles. The molecule has 5 nitrogen and oxygen atoms in total. The number of hydrogen-bond acceptors (Lipinski definition) is 5. The molecule has 1 unspecified atom stereocenters. The molecule has 0 fully saturated rings. The fourth-order valence-corrected chi connectivity index (χ4v) is 4.80. The molecule has 1 N–H and O–H groups in total. The fourth-order valence-electron chi connectivity index (χ4n) is 4.80. The van der Waals surface area contributed by atoms with Gasteiger partial charge in [-0.2, -0.15) is 0 Å². The average molecular weight is 617 g/mol. The van der Waals surface area contributed by atoms with Crippen LogP contribution in [-0.4, -0.2) is 36.4 Å². The lowest BCUT2D eigenvalue weighted by Gasteiger charge is -2.15. The van der Waals surface area contributed by atoms with E-state index < -0.39 is 6.10 Å². The quantitative estimate of drug-likeness (QED) is 0.0462. The van der Waals surface area contributed by atoms with Gasteiger partial charge >= 0.3 is 11.9 Å². The second kappa shape index (κ2) is 35.3. The normalized spacial score (nSPS) is 12.7. The van der Waals surface area contributed by atoms with Gasteiger partial charge < -0.3 is 14.6 Å². The predicted octanol–water partition coefficient (Wildman–Crippen LogP) is 11.1. The van der Waals surface area contributed by atoms with Crippen molar-refractivity contribution in [3.63, 3.8) is 0 Å². The molecule has 5 heteroatoms. The van der Waals surface area contributed by atoms with Crippen LogP contribution >= 0.6 is 0 Å². The summed E-state index contributed by atoms with van der Waals surface area (Å²) in [5, 5.41) is 9.52. The molecule has 0 rings (SSSR count). The van der Waals surface area contributed by atoms with Gasteiger partial charge in [-0.25, -0.2) is 0 Å². The zero-order chi connectivity index (χ0) is 32.2. The Bertz CT molecular complexity index is 752. The van der Waals surface area contributed by atoms with Crippen LogP contribution in [0, 0.1) is 0 Å². The van der Waals surface area contributed by atoms with Crippen LogP contribution in [0.25, 0.3) is 0 Å². The largest absolute Gasteiger partial charge is 0.462 e. The Balaban J connectivity index is 3.61. The van der Waals surface area contributed by atoms with E-state index in [2.05, 4.69) is 62.5 Å². The highest BCUT2D eigenvalue weighted by molar-refractivity contribution is 5.70. The van der Waals surface area contributed by atoms with Crippen molar-refractivity contribution in [3.8, 4) is 0 Å². The number of aliphatic hydroxyl groups excluding tert-OH is 1. The number of aliphatic hydroxyl groups is 1. The molecule has 0 aromatic heterocycles. The summed E-state index contributed by atoms with van der Waals surface area (Å²) in [6.07, 6.45) is 43.0. The predicted molar refractivity (Wildman–Crippen MR) is 187 cm³/mol. The van der Waals surface area contributed by atoms with Gasteiger partial charge in [-0.05, 0) is 70.6 Å². The van der Waals surface area contributed by atoms with Crippen LogP contribution in [0.2, 0.25) is 0 Å². The summed E-state index contributed by atoms with van der Waals surface area (Å²) in [6, 6.07) is 0. The van der Waals surface area contributed by atoms with Crippen molar-refractivity contribution in [2.75, 3.05) is 13.2 Å². The second-order valence-electron chi connectivity index (χ2n) is 11.9. The molecule has 0 saturated heterocycles. The van der Waals surface area contributed by atoms with Crippen LogP contribution in [0.15, 0.2) is 48.6 Å². The maximum Gasteiger partial charge on any atom is 0.306 e. The monoisotopic (exact) mass is 617 g/mol. The van der Waals surface area contributed by atoms with Crippen molar-refractivity contribution in [2.45, 2.75) is 174 Å². The Morgan fingerprint density at radius 3 is 1.43 bits per heavy atom. The Morgan fingerprint density at radius 1 is 0.523 bits per heavy atom. The molecular weight excluding hydrogens is 548 g/mol. The van der Waals surface area contributed by atoms with Crippen molar-refractivity contribution >= 4 is 11.9 Å². The summed E-state index contributed by atoms with van der Waals surface area (Å²) >= 11 is 0. The number of hydrogen-bond donors (Lipinski definition) is 1. The fraction of sp³-hybridized carbons (Fsp3) is 0.744. The van der Waals surface area contributed by atoms with Gasteiger partial charge in [0.1, 0.15) is 6.61 Å². The van der Waals surface area contributed by atoms with Crippen molar-refractivity contribution in [1.82, 2.24) is 0 Å². The van der Waals surface area contributed by atoms with E-state index in [1.165, 1.54) is 70.6 Å². The molecule has 0 aromatic carbocycles. The molecule has 0 amide bonds. The molecule has 0 heterocycles. The lowest BCUT2D eigenvalue weighted by molar-refractivity contribution is -0.161. The Morgan fingerprint density at radius 2 is 0.955 bits per heavy atom. The molecule has 44 heavy (non-hydrogen) atoms. The van der Waals surface area contributed by atoms with Gasteiger partial charge in [0.25, 0.3) is 0 Å². The van der Waals surface area contributed by atoms with Gasteiger partial charge in [0.15, 0.2) is 6.10 Å². The topological polar surface area (TPSA) is 72.8 Å². The van der Waals surface area contributed by atoms with Crippen molar-refractivity contribution in [2.24, 2.45) is 0 Å². The third-order valence-corrected chi connectivity index (χ3v) is 7.58. The first-order valence-corrected chi connectivity index (χ1v) is 18.2. The second-order valence-corrected chi connectivity index (χ2v) is 11.9. The average Bonchev–Trinajstić information content (AvgIpc) is 3.02. The third kappa shape index (κ3) is 32.8. The van der Waals surface area contributed by atoms with E-state index in [0.717, 1.165) is 70.6 Å².